The standard InChI is InChI=1S/C14H13Br2FN2/c15-10-3-6-13(16)12(8-10)14(19-18)7-9-1-4-11(17)5-2-9/h1-6,8,14,19H,7,18H2. The summed E-state index contributed by atoms with van der Waals surface area (Å²) in [6.45, 7) is 0. The van der Waals surface area contributed by atoms with Crippen LogP contribution in [0.1, 0.15) is 17.2 Å². The van der Waals surface area contributed by atoms with Crippen LogP contribution in [-0.2, 0) is 6.42 Å². The fourth-order valence-corrected chi connectivity index (χ4v) is 2.80. The molecule has 0 radical (unpaired) electrons. The number of benzene rings is 2. The van der Waals surface area contributed by atoms with Crippen molar-refractivity contribution in [2.75, 3.05) is 0 Å². The van der Waals surface area contributed by atoms with Gasteiger partial charge in [-0.3, -0.25) is 11.3 Å². The number of halogens is 3. The normalized spacial score (nSPS) is 12.4. The Kier molecular flexibility index (Phi) is 5.10. The van der Waals surface area contributed by atoms with Crippen molar-refractivity contribution in [3.8, 4) is 0 Å². The van der Waals surface area contributed by atoms with E-state index in [1.165, 1.54) is 12.1 Å². The average Bonchev–Trinajstić information content (AvgIpc) is 2.41. The number of hydrogen-bond donors (Lipinski definition) is 2. The second kappa shape index (κ2) is 6.61. The van der Waals surface area contributed by atoms with Crippen LogP contribution in [0.4, 0.5) is 4.39 Å². The molecule has 100 valence electrons. The van der Waals surface area contributed by atoms with Crippen LogP contribution >= 0.6 is 31.9 Å². The highest BCUT2D eigenvalue weighted by Crippen LogP contribution is 2.28. The molecule has 0 spiro atoms. The molecule has 5 heteroatoms. The predicted molar refractivity (Wildman–Crippen MR) is 82.0 cm³/mol. The molecule has 0 aromatic heterocycles. The molecule has 19 heavy (non-hydrogen) atoms. The second-order valence-electron chi connectivity index (χ2n) is 4.22. The Bertz CT molecular complexity index is 558. The summed E-state index contributed by atoms with van der Waals surface area (Å²) in [7, 11) is 0. The van der Waals surface area contributed by atoms with Crippen molar-refractivity contribution in [1.29, 1.82) is 0 Å². The van der Waals surface area contributed by atoms with E-state index in [4.69, 9.17) is 5.84 Å². The zero-order valence-corrected chi connectivity index (χ0v) is 13.2. The summed E-state index contributed by atoms with van der Waals surface area (Å²) in [6.07, 6.45) is 0.686. The number of nitrogens with two attached hydrogens (primary N) is 1. The SMILES string of the molecule is NNC(Cc1ccc(F)cc1)c1cc(Br)ccc1Br. The summed E-state index contributed by atoms with van der Waals surface area (Å²) in [4.78, 5) is 0. The summed E-state index contributed by atoms with van der Waals surface area (Å²) < 4.78 is 14.9. The predicted octanol–water partition coefficient (Wildman–Crippen LogP) is 4.10. The average molecular weight is 388 g/mol. The van der Waals surface area contributed by atoms with Crippen molar-refractivity contribution >= 4 is 31.9 Å². The van der Waals surface area contributed by atoms with E-state index < -0.39 is 0 Å². The van der Waals surface area contributed by atoms with Gasteiger partial charge in [-0.25, -0.2) is 4.39 Å². The van der Waals surface area contributed by atoms with Gasteiger partial charge in [0.25, 0.3) is 0 Å². The lowest BCUT2D eigenvalue weighted by Crippen LogP contribution is -2.29. The van der Waals surface area contributed by atoms with Gasteiger partial charge in [0.05, 0.1) is 6.04 Å². The Labute approximate surface area is 128 Å². The van der Waals surface area contributed by atoms with E-state index in [0.717, 1.165) is 20.1 Å². The van der Waals surface area contributed by atoms with Crippen LogP contribution in [0.3, 0.4) is 0 Å². The van der Waals surface area contributed by atoms with Crippen LogP contribution in [0.2, 0.25) is 0 Å². The van der Waals surface area contributed by atoms with Crippen molar-refractivity contribution in [2.24, 2.45) is 5.84 Å². The van der Waals surface area contributed by atoms with E-state index in [1.807, 2.05) is 18.2 Å². The first kappa shape index (κ1) is 14.7. The van der Waals surface area contributed by atoms with Gasteiger partial charge in [-0.1, -0.05) is 44.0 Å². The lowest BCUT2D eigenvalue weighted by molar-refractivity contribution is 0.548. The van der Waals surface area contributed by atoms with Gasteiger partial charge in [-0.05, 0) is 47.9 Å². The monoisotopic (exact) mass is 386 g/mol. The fourth-order valence-electron chi connectivity index (χ4n) is 1.90. The maximum atomic E-state index is 12.9. The van der Waals surface area contributed by atoms with E-state index in [0.29, 0.717) is 6.42 Å². The Morgan fingerprint density at radius 2 is 1.79 bits per heavy atom. The molecule has 2 aromatic carbocycles. The number of rotatable bonds is 4. The molecule has 2 rings (SSSR count). The molecule has 3 N–H and O–H groups in total. The van der Waals surface area contributed by atoms with Gasteiger partial charge in [0.2, 0.25) is 0 Å². The molecule has 0 aliphatic carbocycles. The van der Waals surface area contributed by atoms with Gasteiger partial charge in [0.15, 0.2) is 0 Å². The van der Waals surface area contributed by atoms with Crippen LogP contribution in [-0.4, -0.2) is 0 Å². The molecule has 0 aliphatic rings. The van der Waals surface area contributed by atoms with Gasteiger partial charge in [-0.15, -0.1) is 0 Å². The molecule has 0 aliphatic heterocycles. The molecule has 0 fully saturated rings. The molecular weight excluding hydrogens is 375 g/mol. The molecule has 0 amide bonds. The summed E-state index contributed by atoms with van der Waals surface area (Å²) in [5, 5.41) is 0. The largest absolute Gasteiger partial charge is 0.271 e. The molecule has 0 bridgehead atoms. The van der Waals surface area contributed by atoms with Gasteiger partial charge < -0.3 is 0 Å². The van der Waals surface area contributed by atoms with Crippen LogP contribution < -0.4 is 11.3 Å². The molecule has 0 saturated heterocycles. The van der Waals surface area contributed by atoms with E-state index in [9.17, 15) is 4.39 Å². The van der Waals surface area contributed by atoms with E-state index in [2.05, 4.69) is 37.3 Å². The molecule has 1 atom stereocenters. The zero-order valence-electron chi connectivity index (χ0n) is 10.0. The van der Waals surface area contributed by atoms with E-state index >= 15 is 0 Å². The fraction of sp³-hybridized carbons (Fsp3) is 0.143. The van der Waals surface area contributed by atoms with Crippen LogP contribution in [0.25, 0.3) is 0 Å². The molecule has 0 saturated carbocycles. The second-order valence-corrected chi connectivity index (χ2v) is 5.99. The Balaban J connectivity index is 2.24. The topological polar surface area (TPSA) is 38.0 Å². The minimum absolute atomic E-state index is 0.0441. The van der Waals surface area contributed by atoms with Gasteiger partial charge in [-0.2, -0.15) is 0 Å². The molecule has 2 nitrogen and oxygen atoms in total. The minimum atomic E-state index is -0.232. The zero-order chi connectivity index (χ0) is 13.8. The highest BCUT2D eigenvalue weighted by Gasteiger charge is 2.14. The molecule has 1 unspecified atom stereocenters. The molecular formula is C14H13Br2FN2. The molecule has 0 heterocycles. The maximum absolute atomic E-state index is 12.9. The number of hydrogen-bond acceptors (Lipinski definition) is 2. The van der Waals surface area contributed by atoms with Crippen molar-refractivity contribution < 1.29 is 4.39 Å². The van der Waals surface area contributed by atoms with Gasteiger partial charge in [0.1, 0.15) is 5.82 Å². The first-order valence-corrected chi connectivity index (χ1v) is 7.34. The highest BCUT2D eigenvalue weighted by atomic mass is 79.9. The third-order valence-corrected chi connectivity index (χ3v) is 4.10. The lowest BCUT2D eigenvalue weighted by Gasteiger charge is -2.18. The quantitative estimate of drug-likeness (QED) is 0.612. The van der Waals surface area contributed by atoms with Crippen molar-refractivity contribution in [3.63, 3.8) is 0 Å². The van der Waals surface area contributed by atoms with Gasteiger partial charge in [0, 0.05) is 8.95 Å². The van der Waals surface area contributed by atoms with Crippen molar-refractivity contribution in [3.05, 3.63) is 68.4 Å². The first-order chi connectivity index (χ1) is 9.10. The highest BCUT2D eigenvalue weighted by molar-refractivity contribution is 9.11. The Morgan fingerprint density at radius 3 is 2.42 bits per heavy atom. The smallest absolute Gasteiger partial charge is 0.123 e. The van der Waals surface area contributed by atoms with Crippen LogP contribution in [0.5, 0.6) is 0 Å². The van der Waals surface area contributed by atoms with Crippen molar-refractivity contribution in [2.45, 2.75) is 12.5 Å². The van der Waals surface area contributed by atoms with E-state index in [-0.39, 0.29) is 11.9 Å². The van der Waals surface area contributed by atoms with Crippen LogP contribution in [0.15, 0.2) is 51.4 Å². The number of nitrogens with one attached hydrogen (secondary N) is 1. The van der Waals surface area contributed by atoms with Crippen LogP contribution in [0, 0.1) is 5.82 Å². The van der Waals surface area contributed by atoms with Crippen molar-refractivity contribution in [1.82, 2.24) is 5.43 Å². The Hall–Kier alpha value is -0.750. The third kappa shape index (κ3) is 3.86. The Morgan fingerprint density at radius 1 is 1.11 bits per heavy atom. The number of hydrazine groups is 1. The first-order valence-electron chi connectivity index (χ1n) is 5.75. The maximum Gasteiger partial charge on any atom is 0.123 e. The summed E-state index contributed by atoms with van der Waals surface area (Å²) in [6, 6.07) is 12.3. The summed E-state index contributed by atoms with van der Waals surface area (Å²) >= 11 is 6.97. The lowest BCUT2D eigenvalue weighted by atomic mass is 9.99. The van der Waals surface area contributed by atoms with Gasteiger partial charge >= 0.3 is 0 Å². The van der Waals surface area contributed by atoms with E-state index in [1.54, 1.807) is 12.1 Å². The minimum Gasteiger partial charge on any atom is -0.271 e. The third-order valence-electron chi connectivity index (χ3n) is 2.89. The summed E-state index contributed by atoms with van der Waals surface area (Å²) in [5.74, 6) is 5.41. The molecule has 2 aromatic rings. The summed E-state index contributed by atoms with van der Waals surface area (Å²) in [5.41, 5.74) is 4.89.